The highest BCUT2D eigenvalue weighted by atomic mass is 15.3. The highest BCUT2D eigenvalue weighted by Gasteiger charge is 2.19. The van der Waals surface area contributed by atoms with Gasteiger partial charge in [-0.25, -0.2) is 0 Å². The van der Waals surface area contributed by atoms with Crippen molar-refractivity contribution in [2.24, 2.45) is 7.05 Å². The molecule has 0 saturated heterocycles. The topological polar surface area (TPSA) is 29.9 Å². The summed E-state index contributed by atoms with van der Waals surface area (Å²) in [7, 11) is 2.01. The van der Waals surface area contributed by atoms with Crippen molar-refractivity contribution in [2.75, 3.05) is 0 Å². The minimum absolute atomic E-state index is 0.296. The third kappa shape index (κ3) is 3.35. The SMILES string of the molecule is CCC(NC(C)c1c(C)nn(C)c1C)c1ccc(C)cc1. The Hall–Kier alpha value is -1.61. The maximum atomic E-state index is 4.53. The van der Waals surface area contributed by atoms with Gasteiger partial charge in [0.1, 0.15) is 0 Å². The Bertz CT molecular complexity index is 596. The van der Waals surface area contributed by atoms with Crippen LogP contribution in [-0.2, 0) is 7.05 Å². The lowest BCUT2D eigenvalue weighted by atomic mass is 9.99. The third-order valence-electron chi connectivity index (χ3n) is 4.34. The smallest absolute Gasteiger partial charge is 0.0644 e. The molecule has 2 rings (SSSR count). The van der Waals surface area contributed by atoms with E-state index in [9.17, 15) is 0 Å². The van der Waals surface area contributed by atoms with Crippen LogP contribution in [0.4, 0.5) is 0 Å². The Morgan fingerprint density at radius 1 is 1.14 bits per heavy atom. The minimum atomic E-state index is 0.296. The average Bonchev–Trinajstić information content (AvgIpc) is 2.70. The maximum absolute atomic E-state index is 4.53. The van der Waals surface area contributed by atoms with Crippen molar-refractivity contribution in [2.45, 2.75) is 53.1 Å². The number of nitrogens with one attached hydrogen (secondary N) is 1. The molecule has 0 aliphatic rings. The van der Waals surface area contributed by atoms with Crippen LogP contribution < -0.4 is 5.32 Å². The summed E-state index contributed by atoms with van der Waals surface area (Å²) in [5.41, 5.74) is 6.35. The van der Waals surface area contributed by atoms with Crippen LogP contribution in [0.15, 0.2) is 24.3 Å². The summed E-state index contributed by atoms with van der Waals surface area (Å²) in [5.74, 6) is 0. The first-order chi connectivity index (χ1) is 9.93. The van der Waals surface area contributed by atoms with E-state index >= 15 is 0 Å². The molecule has 0 amide bonds. The van der Waals surface area contributed by atoms with Crippen molar-refractivity contribution in [3.63, 3.8) is 0 Å². The van der Waals surface area contributed by atoms with Gasteiger partial charge < -0.3 is 5.32 Å². The van der Waals surface area contributed by atoms with Crippen LogP contribution in [0.2, 0.25) is 0 Å². The molecule has 1 aromatic carbocycles. The number of nitrogens with zero attached hydrogens (tertiary/aromatic N) is 2. The first-order valence-electron chi connectivity index (χ1n) is 7.76. The van der Waals surface area contributed by atoms with Gasteiger partial charge in [-0.05, 0) is 39.7 Å². The fraction of sp³-hybridized carbons (Fsp3) is 0.500. The van der Waals surface area contributed by atoms with E-state index in [1.165, 1.54) is 22.4 Å². The Morgan fingerprint density at radius 3 is 2.24 bits per heavy atom. The summed E-state index contributed by atoms with van der Waals surface area (Å²) < 4.78 is 1.97. The molecule has 1 aromatic heterocycles. The summed E-state index contributed by atoms with van der Waals surface area (Å²) in [5, 5.41) is 8.29. The Morgan fingerprint density at radius 2 is 1.76 bits per heavy atom. The van der Waals surface area contributed by atoms with E-state index in [4.69, 9.17) is 0 Å². The molecule has 0 saturated carbocycles. The number of benzene rings is 1. The summed E-state index contributed by atoms with van der Waals surface area (Å²) in [6.07, 6.45) is 1.08. The van der Waals surface area contributed by atoms with Gasteiger partial charge in [0, 0.05) is 30.4 Å². The second-order valence-corrected chi connectivity index (χ2v) is 5.97. The van der Waals surface area contributed by atoms with Gasteiger partial charge in [-0.2, -0.15) is 5.10 Å². The van der Waals surface area contributed by atoms with Crippen LogP contribution >= 0.6 is 0 Å². The molecule has 1 N–H and O–H groups in total. The van der Waals surface area contributed by atoms with Gasteiger partial charge in [-0.1, -0.05) is 36.8 Å². The van der Waals surface area contributed by atoms with Crippen molar-refractivity contribution in [1.29, 1.82) is 0 Å². The number of rotatable bonds is 5. The first kappa shape index (κ1) is 15.8. The van der Waals surface area contributed by atoms with Crippen LogP contribution in [0.5, 0.6) is 0 Å². The normalized spacial score (nSPS) is 14.2. The lowest BCUT2D eigenvalue weighted by molar-refractivity contribution is 0.454. The van der Waals surface area contributed by atoms with E-state index in [0.29, 0.717) is 12.1 Å². The van der Waals surface area contributed by atoms with E-state index in [2.05, 4.69) is 69.3 Å². The van der Waals surface area contributed by atoms with Gasteiger partial charge in [0.05, 0.1) is 5.69 Å². The Labute approximate surface area is 128 Å². The van der Waals surface area contributed by atoms with Crippen LogP contribution in [0.25, 0.3) is 0 Å². The zero-order valence-corrected chi connectivity index (χ0v) is 14.1. The van der Waals surface area contributed by atoms with E-state index in [0.717, 1.165) is 12.1 Å². The van der Waals surface area contributed by atoms with Gasteiger partial charge in [-0.3, -0.25) is 4.68 Å². The Balaban J connectivity index is 2.20. The molecule has 0 aliphatic heterocycles. The number of aromatic nitrogens is 2. The van der Waals surface area contributed by atoms with E-state index in [1.54, 1.807) is 0 Å². The number of hydrogen-bond acceptors (Lipinski definition) is 2. The van der Waals surface area contributed by atoms with Crippen molar-refractivity contribution >= 4 is 0 Å². The van der Waals surface area contributed by atoms with E-state index < -0.39 is 0 Å². The first-order valence-corrected chi connectivity index (χ1v) is 7.76. The standard InChI is InChI=1S/C18H27N3/c1-7-17(16-10-8-12(2)9-11-16)19-13(3)18-14(4)20-21(6)15(18)5/h8-11,13,17,19H,7H2,1-6H3. The van der Waals surface area contributed by atoms with Crippen LogP contribution in [0.1, 0.15) is 60.4 Å². The highest BCUT2D eigenvalue weighted by Crippen LogP contribution is 2.26. The summed E-state index contributed by atoms with van der Waals surface area (Å²) in [6, 6.07) is 9.50. The molecule has 0 bridgehead atoms. The molecule has 2 unspecified atom stereocenters. The zero-order valence-electron chi connectivity index (χ0n) is 14.1. The average molecular weight is 285 g/mol. The van der Waals surface area contributed by atoms with Gasteiger partial charge >= 0.3 is 0 Å². The molecule has 2 aromatic rings. The fourth-order valence-electron chi connectivity index (χ4n) is 3.05. The van der Waals surface area contributed by atoms with Gasteiger partial charge in [0.15, 0.2) is 0 Å². The second kappa shape index (κ2) is 6.44. The monoisotopic (exact) mass is 285 g/mol. The minimum Gasteiger partial charge on any atom is -0.303 e. The van der Waals surface area contributed by atoms with Gasteiger partial charge in [0.2, 0.25) is 0 Å². The fourth-order valence-corrected chi connectivity index (χ4v) is 3.05. The van der Waals surface area contributed by atoms with Gasteiger partial charge in [0.25, 0.3) is 0 Å². The predicted octanol–water partition coefficient (Wildman–Crippen LogP) is 4.15. The van der Waals surface area contributed by atoms with Crippen LogP contribution in [-0.4, -0.2) is 9.78 Å². The lowest BCUT2D eigenvalue weighted by Gasteiger charge is -2.23. The molecule has 0 spiro atoms. The third-order valence-corrected chi connectivity index (χ3v) is 4.34. The molecule has 3 heteroatoms. The molecule has 3 nitrogen and oxygen atoms in total. The molecule has 0 aliphatic carbocycles. The van der Waals surface area contributed by atoms with Crippen molar-refractivity contribution < 1.29 is 0 Å². The van der Waals surface area contributed by atoms with Gasteiger partial charge in [-0.15, -0.1) is 0 Å². The molecule has 1 heterocycles. The number of hydrogen-bond donors (Lipinski definition) is 1. The molecular weight excluding hydrogens is 258 g/mol. The maximum Gasteiger partial charge on any atom is 0.0644 e. The zero-order chi connectivity index (χ0) is 15.6. The molecule has 0 fully saturated rings. The summed E-state index contributed by atoms with van der Waals surface area (Å²) >= 11 is 0. The van der Waals surface area contributed by atoms with Crippen molar-refractivity contribution in [3.8, 4) is 0 Å². The molecule has 2 atom stereocenters. The lowest BCUT2D eigenvalue weighted by Crippen LogP contribution is -2.25. The van der Waals surface area contributed by atoms with E-state index in [1.807, 2.05) is 11.7 Å². The summed E-state index contributed by atoms with van der Waals surface area (Å²) in [6.45, 7) is 10.8. The van der Waals surface area contributed by atoms with Crippen LogP contribution in [0, 0.1) is 20.8 Å². The quantitative estimate of drug-likeness (QED) is 0.894. The molecule has 21 heavy (non-hydrogen) atoms. The Kier molecular flexibility index (Phi) is 4.84. The molecule has 0 radical (unpaired) electrons. The number of aryl methyl sites for hydroxylation is 3. The molecule has 114 valence electrons. The van der Waals surface area contributed by atoms with E-state index in [-0.39, 0.29) is 0 Å². The van der Waals surface area contributed by atoms with Crippen molar-refractivity contribution in [1.82, 2.24) is 15.1 Å². The second-order valence-electron chi connectivity index (χ2n) is 5.97. The van der Waals surface area contributed by atoms with Crippen molar-refractivity contribution in [3.05, 3.63) is 52.3 Å². The molecular formula is C18H27N3. The largest absolute Gasteiger partial charge is 0.303 e. The predicted molar refractivity (Wildman–Crippen MR) is 88.4 cm³/mol. The summed E-state index contributed by atoms with van der Waals surface area (Å²) in [4.78, 5) is 0. The highest BCUT2D eigenvalue weighted by molar-refractivity contribution is 5.29. The van der Waals surface area contributed by atoms with Crippen LogP contribution in [0.3, 0.4) is 0 Å².